The van der Waals surface area contributed by atoms with Crippen LogP contribution in [0.4, 0.5) is 0 Å². The second-order valence-electron chi connectivity index (χ2n) is 6.77. The molecule has 0 aliphatic carbocycles. The van der Waals surface area contributed by atoms with Crippen LogP contribution in [0.5, 0.6) is 5.75 Å². The number of hydrogen-bond donors (Lipinski definition) is 1. The van der Waals surface area contributed by atoms with Gasteiger partial charge in [-0.05, 0) is 18.2 Å². The standard InChI is InChI=1S/C21H19N5O5/c1-13(27)31-18-5-3-2-4-14(18)21(29)25-17-11-30-9-8-26-19(28)10-16(24-20(17)26)15-6-7-22-12-23-15/h2-7,10,12,17H,8-9,11H2,1H3,(H,25,29). The normalized spacial score (nSPS) is 15.5. The number of carbonyl (C=O) groups is 2. The Morgan fingerprint density at radius 1 is 1.23 bits per heavy atom. The number of benzene rings is 1. The third kappa shape index (κ3) is 4.48. The molecule has 0 radical (unpaired) electrons. The van der Waals surface area contributed by atoms with Gasteiger partial charge in [0.1, 0.15) is 23.9 Å². The highest BCUT2D eigenvalue weighted by Crippen LogP contribution is 2.22. The van der Waals surface area contributed by atoms with Gasteiger partial charge in [-0.3, -0.25) is 19.0 Å². The molecule has 1 atom stereocenters. The molecule has 158 valence electrons. The summed E-state index contributed by atoms with van der Waals surface area (Å²) in [5.41, 5.74) is 0.775. The van der Waals surface area contributed by atoms with Crippen molar-refractivity contribution in [2.45, 2.75) is 19.5 Å². The molecule has 4 rings (SSSR count). The Morgan fingerprint density at radius 3 is 2.84 bits per heavy atom. The maximum atomic E-state index is 13.0. The maximum absolute atomic E-state index is 13.0. The quantitative estimate of drug-likeness (QED) is 0.491. The van der Waals surface area contributed by atoms with Crippen LogP contribution in [0, 0.1) is 0 Å². The van der Waals surface area contributed by atoms with Crippen LogP contribution in [0.25, 0.3) is 11.4 Å². The molecule has 1 unspecified atom stereocenters. The first-order chi connectivity index (χ1) is 15.0. The lowest BCUT2D eigenvalue weighted by Crippen LogP contribution is -2.35. The van der Waals surface area contributed by atoms with Gasteiger partial charge in [0.05, 0.1) is 36.7 Å². The van der Waals surface area contributed by atoms with Crippen molar-refractivity contribution in [1.82, 2.24) is 24.8 Å². The predicted molar refractivity (Wildman–Crippen MR) is 108 cm³/mol. The van der Waals surface area contributed by atoms with Crippen molar-refractivity contribution in [3.8, 4) is 17.1 Å². The molecule has 2 aromatic heterocycles. The molecule has 1 aliphatic heterocycles. The zero-order chi connectivity index (χ0) is 21.8. The van der Waals surface area contributed by atoms with E-state index in [1.807, 2.05) is 0 Å². The van der Waals surface area contributed by atoms with E-state index in [9.17, 15) is 14.4 Å². The monoisotopic (exact) mass is 421 g/mol. The van der Waals surface area contributed by atoms with Crippen LogP contribution in [-0.2, 0) is 16.1 Å². The van der Waals surface area contributed by atoms with E-state index in [-0.39, 0.29) is 23.5 Å². The number of ether oxygens (including phenoxy) is 2. The minimum absolute atomic E-state index is 0.126. The van der Waals surface area contributed by atoms with Crippen molar-refractivity contribution in [3.63, 3.8) is 0 Å². The fourth-order valence-corrected chi connectivity index (χ4v) is 3.26. The van der Waals surface area contributed by atoms with Gasteiger partial charge in [0.25, 0.3) is 11.5 Å². The first kappa shape index (κ1) is 20.4. The molecule has 3 heterocycles. The topological polar surface area (TPSA) is 125 Å². The minimum atomic E-state index is -0.699. The third-order valence-electron chi connectivity index (χ3n) is 4.63. The van der Waals surface area contributed by atoms with Gasteiger partial charge in [-0.15, -0.1) is 0 Å². The summed E-state index contributed by atoms with van der Waals surface area (Å²) in [5, 5.41) is 2.84. The highest BCUT2D eigenvalue weighted by atomic mass is 16.5. The second kappa shape index (κ2) is 8.84. The first-order valence-electron chi connectivity index (χ1n) is 9.57. The van der Waals surface area contributed by atoms with E-state index in [1.54, 1.807) is 30.5 Å². The second-order valence-corrected chi connectivity index (χ2v) is 6.77. The van der Waals surface area contributed by atoms with E-state index >= 15 is 0 Å². The number of nitrogens with one attached hydrogen (secondary N) is 1. The van der Waals surface area contributed by atoms with Gasteiger partial charge in [-0.25, -0.2) is 15.0 Å². The Hall–Kier alpha value is -3.92. The Balaban J connectivity index is 1.70. The summed E-state index contributed by atoms with van der Waals surface area (Å²) in [5.74, 6) is -0.522. The molecule has 0 fully saturated rings. The lowest BCUT2D eigenvalue weighted by Gasteiger charge is -2.19. The fourth-order valence-electron chi connectivity index (χ4n) is 3.26. The van der Waals surface area contributed by atoms with Crippen molar-refractivity contribution in [3.05, 3.63) is 70.7 Å². The van der Waals surface area contributed by atoms with E-state index in [0.29, 0.717) is 30.4 Å². The van der Waals surface area contributed by atoms with Crippen LogP contribution >= 0.6 is 0 Å². The van der Waals surface area contributed by atoms with Crippen LogP contribution in [0.2, 0.25) is 0 Å². The van der Waals surface area contributed by atoms with E-state index in [2.05, 4.69) is 20.3 Å². The maximum Gasteiger partial charge on any atom is 0.308 e. The average Bonchev–Trinajstić information content (AvgIpc) is 2.97. The number of hydrogen-bond acceptors (Lipinski definition) is 8. The molecule has 10 nitrogen and oxygen atoms in total. The number of carbonyl (C=O) groups excluding carboxylic acids is 2. The Labute approximate surface area is 176 Å². The smallest absolute Gasteiger partial charge is 0.308 e. The molecule has 1 aliphatic rings. The number of aromatic nitrogens is 4. The number of nitrogens with zero attached hydrogens (tertiary/aromatic N) is 4. The Morgan fingerprint density at radius 2 is 2.06 bits per heavy atom. The molecule has 3 aromatic rings. The van der Waals surface area contributed by atoms with Crippen LogP contribution < -0.4 is 15.6 Å². The number of amides is 1. The number of para-hydroxylation sites is 1. The average molecular weight is 421 g/mol. The number of rotatable bonds is 4. The Kier molecular flexibility index (Phi) is 5.80. The van der Waals surface area contributed by atoms with Gasteiger partial charge < -0.3 is 14.8 Å². The summed E-state index contributed by atoms with van der Waals surface area (Å²) in [4.78, 5) is 49.7. The van der Waals surface area contributed by atoms with Gasteiger partial charge >= 0.3 is 5.97 Å². The summed E-state index contributed by atoms with van der Waals surface area (Å²) >= 11 is 0. The van der Waals surface area contributed by atoms with Crippen molar-refractivity contribution in [2.24, 2.45) is 0 Å². The van der Waals surface area contributed by atoms with Gasteiger partial charge in [0, 0.05) is 19.2 Å². The van der Waals surface area contributed by atoms with Crippen LogP contribution in [0.1, 0.15) is 29.1 Å². The highest BCUT2D eigenvalue weighted by molar-refractivity contribution is 5.97. The zero-order valence-electron chi connectivity index (χ0n) is 16.6. The molecule has 0 saturated carbocycles. The molecule has 10 heteroatoms. The van der Waals surface area contributed by atoms with Crippen molar-refractivity contribution in [1.29, 1.82) is 0 Å². The van der Waals surface area contributed by atoms with Gasteiger partial charge in [0.2, 0.25) is 0 Å². The van der Waals surface area contributed by atoms with Crippen LogP contribution in [0.3, 0.4) is 0 Å². The number of fused-ring (bicyclic) bond motifs is 1. The molecule has 0 bridgehead atoms. The van der Waals surface area contributed by atoms with E-state index in [0.717, 1.165) is 0 Å². The van der Waals surface area contributed by atoms with Crippen molar-refractivity contribution >= 4 is 11.9 Å². The van der Waals surface area contributed by atoms with E-state index < -0.39 is 17.9 Å². The van der Waals surface area contributed by atoms with Gasteiger partial charge in [-0.2, -0.15) is 0 Å². The third-order valence-corrected chi connectivity index (χ3v) is 4.63. The summed E-state index contributed by atoms with van der Waals surface area (Å²) in [7, 11) is 0. The summed E-state index contributed by atoms with van der Waals surface area (Å²) in [6.45, 7) is 2.00. The highest BCUT2D eigenvalue weighted by Gasteiger charge is 2.26. The van der Waals surface area contributed by atoms with Gasteiger partial charge in [-0.1, -0.05) is 12.1 Å². The molecule has 0 spiro atoms. The molecule has 0 saturated heterocycles. The molecule has 31 heavy (non-hydrogen) atoms. The lowest BCUT2D eigenvalue weighted by atomic mass is 10.1. The molecule has 1 amide bonds. The van der Waals surface area contributed by atoms with Crippen LogP contribution in [0.15, 0.2) is 53.7 Å². The first-order valence-corrected chi connectivity index (χ1v) is 9.57. The van der Waals surface area contributed by atoms with E-state index in [4.69, 9.17) is 9.47 Å². The molecular formula is C21H19N5O5. The Bertz CT molecular complexity index is 1180. The van der Waals surface area contributed by atoms with Crippen LogP contribution in [-0.4, -0.2) is 44.6 Å². The van der Waals surface area contributed by atoms with Crippen molar-refractivity contribution in [2.75, 3.05) is 13.2 Å². The SMILES string of the molecule is CC(=O)Oc1ccccc1C(=O)NC1COCCn2c1nc(-c1ccncn1)cc2=O. The lowest BCUT2D eigenvalue weighted by molar-refractivity contribution is -0.131. The fraction of sp³-hybridized carbons (Fsp3) is 0.238. The summed E-state index contributed by atoms with van der Waals surface area (Å²) in [6.07, 6.45) is 2.93. The molecule has 1 N–H and O–H groups in total. The molecule has 1 aromatic carbocycles. The van der Waals surface area contributed by atoms with Gasteiger partial charge in [0.15, 0.2) is 0 Å². The predicted octanol–water partition coefficient (Wildman–Crippen LogP) is 1.13. The van der Waals surface area contributed by atoms with E-state index in [1.165, 1.54) is 30.0 Å². The minimum Gasteiger partial charge on any atom is -0.426 e. The largest absolute Gasteiger partial charge is 0.426 e. The van der Waals surface area contributed by atoms with Crippen molar-refractivity contribution < 1.29 is 19.1 Å². The summed E-state index contributed by atoms with van der Waals surface area (Å²) < 4.78 is 12.2. The molecular weight excluding hydrogens is 402 g/mol. The summed E-state index contributed by atoms with van der Waals surface area (Å²) in [6, 6.07) is 8.74. The number of esters is 1. The zero-order valence-corrected chi connectivity index (χ0v) is 16.6.